The van der Waals surface area contributed by atoms with Gasteiger partial charge < -0.3 is 15.0 Å². The molecular weight excluding hydrogens is 280 g/mol. The Hall–Kier alpha value is -1.88. The average Bonchev–Trinajstić information content (AvgIpc) is 3.13. The third-order valence-electron chi connectivity index (χ3n) is 4.55. The molecule has 2 unspecified atom stereocenters. The molecular formula is C17H22N2O3. The van der Waals surface area contributed by atoms with Gasteiger partial charge in [-0.25, -0.2) is 0 Å². The van der Waals surface area contributed by atoms with Crippen LogP contribution in [0.15, 0.2) is 18.2 Å². The van der Waals surface area contributed by atoms with Crippen molar-refractivity contribution in [3.05, 3.63) is 29.3 Å². The molecule has 0 aromatic heterocycles. The Kier molecular flexibility index (Phi) is 4.16. The Bertz CT molecular complexity index is 594. The topological polar surface area (TPSA) is 58.6 Å². The standard InChI is InChI=1S/C17H22N2O3/c1-11-5-6-13(10-12(11)2)19-8-7-14(17(19)21)18-16(20)15-4-3-9-22-15/h5-6,10,14-15H,3-4,7-9H2,1-2H3,(H,18,20). The third kappa shape index (κ3) is 2.86. The van der Waals surface area contributed by atoms with Crippen LogP contribution in [0.1, 0.15) is 30.4 Å². The zero-order chi connectivity index (χ0) is 15.7. The van der Waals surface area contributed by atoms with Gasteiger partial charge >= 0.3 is 0 Å². The normalized spacial score (nSPS) is 24.8. The van der Waals surface area contributed by atoms with Crippen molar-refractivity contribution in [1.82, 2.24) is 5.32 Å². The fraction of sp³-hybridized carbons (Fsp3) is 0.529. The summed E-state index contributed by atoms with van der Waals surface area (Å²) in [4.78, 5) is 26.4. The first-order valence-electron chi connectivity index (χ1n) is 7.87. The molecule has 0 aliphatic carbocycles. The van der Waals surface area contributed by atoms with Crippen molar-refractivity contribution in [2.45, 2.75) is 45.3 Å². The molecule has 0 bridgehead atoms. The van der Waals surface area contributed by atoms with Gasteiger partial charge in [-0.3, -0.25) is 9.59 Å². The summed E-state index contributed by atoms with van der Waals surface area (Å²) in [5.41, 5.74) is 3.28. The first-order valence-corrected chi connectivity index (χ1v) is 7.87. The van der Waals surface area contributed by atoms with Crippen molar-refractivity contribution in [2.75, 3.05) is 18.1 Å². The number of amides is 2. The van der Waals surface area contributed by atoms with E-state index in [9.17, 15) is 9.59 Å². The summed E-state index contributed by atoms with van der Waals surface area (Å²) >= 11 is 0. The monoisotopic (exact) mass is 302 g/mol. The number of rotatable bonds is 3. The first kappa shape index (κ1) is 15.0. The van der Waals surface area contributed by atoms with Gasteiger partial charge in [0.1, 0.15) is 12.1 Å². The van der Waals surface area contributed by atoms with E-state index in [1.807, 2.05) is 25.1 Å². The van der Waals surface area contributed by atoms with E-state index in [0.717, 1.165) is 24.1 Å². The smallest absolute Gasteiger partial charge is 0.249 e. The second-order valence-corrected chi connectivity index (χ2v) is 6.11. The van der Waals surface area contributed by atoms with Gasteiger partial charge in [0.05, 0.1) is 0 Å². The van der Waals surface area contributed by atoms with E-state index in [4.69, 9.17) is 4.74 Å². The quantitative estimate of drug-likeness (QED) is 0.924. The highest BCUT2D eigenvalue weighted by molar-refractivity contribution is 6.01. The molecule has 2 heterocycles. The van der Waals surface area contributed by atoms with Gasteiger partial charge in [-0.1, -0.05) is 6.07 Å². The van der Waals surface area contributed by atoms with Gasteiger partial charge in [0.25, 0.3) is 0 Å². The maximum absolute atomic E-state index is 12.5. The molecule has 2 amide bonds. The van der Waals surface area contributed by atoms with Crippen LogP contribution in [-0.2, 0) is 14.3 Å². The van der Waals surface area contributed by atoms with Crippen LogP contribution in [0.5, 0.6) is 0 Å². The predicted molar refractivity (Wildman–Crippen MR) is 83.8 cm³/mol. The fourth-order valence-corrected chi connectivity index (χ4v) is 3.01. The number of carbonyl (C=O) groups excluding carboxylic acids is 2. The molecule has 2 aliphatic rings. The molecule has 2 aliphatic heterocycles. The zero-order valence-corrected chi connectivity index (χ0v) is 13.1. The first-order chi connectivity index (χ1) is 10.6. The van der Waals surface area contributed by atoms with Gasteiger partial charge in [-0.2, -0.15) is 0 Å². The van der Waals surface area contributed by atoms with Crippen molar-refractivity contribution < 1.29 is 14.3 Å². The number of hydrogen-bond acceptors (Lipinski definition) is 3. The minimum absolute atomic E-state index is 0.0328. The molecule has 1 aromatic carbocycles. The van der Waals surface area contributed by atoms with Gasteiger partial charge in [0, 0.05) is 18.8 Å². The van der Waals surface area contributed by atoms with Crippen molar-refractivity contribution in [3.8, 4) is 0 Å². The van der Waals surface area contributed by atoms with Crippen molar-refractivity contribution in [3.63, 3.8) is 0 Å². The molecule has 5 heteroatoms. The maximum atomic E-state index is 12.5. The molecule has 22 heavy (non-hydrogen) atoms. The molecule has 0 saturated carbocycles. The van der Waals surface area contributed by atoms with Gasteiger partial charge in [0.15, 0.2) is 0 Å². The summed E-state index contributed by atoms with van der Waals surface area (Å²) in [7, 11) is 0. The highest BCUT2D eigenvalue weighted by atomic mass is 16.5. The van der Waals surface area contributed by atoms with Gasteiger partial charge in [0.2, 0.25) is 11.8 Å². The van der Waals surface area contributed by atoms with Crippen LogP contribution >= 0.6 is 0 Å². The van der Waals surface area contributed by atoms with Crippen molar-refractivity contribution >= 4 is 17.5 Å². The molecule has 2 saturated heterocycles. The SMILES string of the molecule is Cc1ccc(N2CCC(NC(=O)C3CCCO3)C2=O)cc1C. The number of ether oxygens (including phenoxy) is 1. The maximum Gasteiger partial charge on any atom is 0.249 e. The molecule has 0 spiro atoms. The second-order valence-electron chi connectivity index (χ2n) is 6.11. The molecule has 1 N–H and O–H groups in total. The minimum atomic E-state index is -0.432. The molecule has 5 nitrogen and oxygen atoms in total. The Morgan fingerprint density at radius 3 is 2.77 bits per heavy atom. The largest absolute Gasteiger partial charge is 0.368 e. The number of aryl methyl sites for hydroxylation is 2. The van der Waals surface area contributed by atoms with Crippen LogP contribution in [0.2, 0.25) is 0 Å². The predicted octanol–water partition coefficient (Wildman–Crippen LogP) is 1.70. The minimum Gasteiger partial charge on any atom is -0.368 e. The summed E-state index contributed by atoms with van der Waals surface area (Å²) in [6.07, 6.45) is 1.91. The van der Waals surface area contributed by atoms with E-state index >= 15 is 0 Å². The second kappa shape index (κ2) is 6.08. The van der Waals surface area contributed by atoms with Crippen LogP contribution < -0.4 is 10.2 Å². The summed E-state index contributed by atoms with van der Waals surface area (Å²) in [6.45, 7) is 5.36. The molecule has 2 atom stereocenters. The zero-order valence-electron chi connectivity index (χ0n) is 13.1. The van der Waals surface area contributed by atoms with Gasteiger partial charge in [-0.05, 0) is 56.4 Å². The highest BCUT2D eigenvalue weighted by Crippen LogP contribution is 2.24. The van der Waals surface area contributed by atoms with Crippen molar-refractivity contribution in [2.24, 2.45) is 0 Å². The lowest BCUT2D eigenvalue weighted by Gasteiger charge is -2.19. The number of nitrogens with zero attached hydrogens (tertiary/aromatic N) is 1. The Morgan fingerprint density at radius 2 is 2.09 bits per heavy atom. The lowest BCUT2D eigenvalue weighted by molar-refractivity contribution is -0.133. The highest BCUT2D eigenvalue weighted by Gasteiger charge is 2.35. The Balaban J connectivity index is 1.66. The van der Waals surface area contributed by atoms with Crippen LogP contribution in [0.3, 0.4) is 0 Å². The van der Waals surface area contributed by atoms with Crippen LogP contribution in [0, 0.1) is 13.8 Å². The van der Waals surface area contributed by atoms with Crippen LogP contribution in [0.25, 0.3) is 0 Å². The molecule has 3 rings (SSSR count). The van der Waals surface area contributed by atoms with E-state index < -0.39 is 6.04 Å². The number of nitrogens with one attached hydrogen (secondary N) is 1. The molecule has 118 valence electrons. The summed E-state index contributed by atoms with van der Waals surface area (Å²) in [5, 5.41) is 2.84. The molecule has 2 fully saturated rings. The van der Waals surface area contributed by atoms with Gasteiger partial charge in [-0.15, -0.1) is 0 Å². The molecule has 1 aromatic rings. The van der Waals surface area contributed by atoms with E-state index in [1.54, 1.807) is 4.90 Å². The van der Waals surface area contributed by atoms with E-state index in [1.165, 1.54) is 5.56 Å². The lowest BCUT2D eigenvalue weighted by Crippen LogP contribution is -2.45. The van der Waals surface area contributed by atoms with E-state index in [0.29, 0.717) is 19.6 Å². The summed E-state index contributed by atoms with van der Waals surface area (Å²) in [5.74, 6) is -0.188. The number of carbonyl (C=O) groups is 2. The third-order valence-corrected chi connectivity index (χ3v) is 4.55. The van der Waals surface area contributed by atoms with Crippen molar-refractivity contribution in [1.29, 1.82) is 0 Å². The molecule has 0 radical (unpaired) electrons. The van der Waals surface area contributed by atoms with E-state index in [2.05, 4.69) is 12.2 Å². The number of benzene rings is 1. The number of hydrogen-bond donors (Lipinski definition) is 1. The van der Waals surface area contributed by atoms with Crippen LogP contribution in [0.4, 0.5) is 5.69 Å². The lowest BCUT2D eigenvalue weighted by atomic mass is 10.1. The fourth-order valence-electron chi connectivity index (χ4n) is 3.01. The average molecular weight is 302 g/mol. The summed E-state index contributed by atoms with van der Waals surface area (Å²) in [6, 6.07) is 5.58. The Labute approximate surface area is 130 Å². The summed E-state index contributed by atoms with van der Waals surface area (Å²) < 4.78 is 5.36. The van der Waals surface area contributed by atoms with E-state index in [-0.39, 0.29) is 17.9 Å². The Morgan fingerprint density at radius 1 is 1.27 bits per heavy atom. The van der Waals surface area contributed by atoms with Crippen LogP contribution in [-0.4, -0.2) is 37.1 Å². The number of anilines is 1.